The molecule has 7 heteroatoms. The van der Waals surface area contributed by atoms with Gasteiger partial charge in [0.25, 0.3) is 0 Å². The highest BCUT2D eigenvalue weighted by molar-refractivity contribution is 5.95. The van der Waals surface area contributed by atoms with Crippen LogP contribution < -0.4 is 0 Å². The molecule has 172 valence electrons. The summed E-state index contributed by atoms with van der Waals surface area (Å²) in [6, 6.07) is 18.0. The summed E-state index contributed by atoms with van der Waals surface area (Å²) in [5.41, 5.74) is 4.30. The van der Waals surface area contributed by atoms with Gasteiger partial charge in [-0.3, -0.25) is 19.5 Å². The Morgan fingerprint density at radius 3 is 2.74 bits per heavy atom. The van der Waals surface area contributed by atoms with E-state index in [1.54, 1.807) is 9.80 Å². The second-order valence-corrected chi connectivity index (χ2v) is 9.35. The maximum atomic E-state index is 13.5. The molecule has 0 spiro atoms. The van der Waals surface area contributed by atoms with E-state index in [0.717, 1.165) is 39.5 Å². The third-order valence-electron chi connectivity index (χ3n) is 7.10. The van der Waals surface area contributed by atoms with Gasteiger partial charge in [-0.1, -0.05) is 36.4 Å². The summed E-state index contributed by atoms with van der Waals surface area (Å²) in [4.78, 5) is 36.8. The van der Waals surface area contributed by atoms with Crippen molar-refractivity contribution in [1.29, 1.82) is 0 Å². The van der Waals surface area contributed by atoms with Crippen molar-refractivity contribution in [2.24, 2.45) is 7.05 Å². The van der Waals surface area contributed by atoms with Crippen molar-refractivity contribution < 1.29 is 9.59 Å². The van der Waals surface area contributed by atoms with E-state index in [1.165, 1.54) is 0 Å². The van der Waals surface area contributed by atoms with Crippen LogP contribution in [0.25, 0.3) is 21.8 Å². The molecule has 2 aliphatic rings. The van der Waals surface area contributed by atoms with E-state index in [0.29, 0.717) is 26.2 Å². The van der Waals surface area contributed by atoms with Gasteiger partial charge in [0.15, 0.2) is 0 Å². The van der Waals surface area contributed by atoms with E-state index in [1.807, 2.05) is 43.6 Å². The van der Waals surface area contributed by atoms with Gasteiger partial charge in [-0.15, -0.1) is 0 Å². The second kappa shape index (κ2) is 8.25. The van der Waals surface area contributed by atoms with Crippen molar-refractivity contribution in [1.82, 2.24) is 24.3 Å². The van der Waals surface area contributed by atoms with Crippen LogP contribution in [0, 0.1) is 0 Å². The van der Waals surface area contributed by atoms with Crippen LogP contribution in [0.4, 0.5) is 0 Å². The molecule has 1 atom stereocenters. The van der Waals surface area contributed by atoms with Gasteiger partial charge in [-0.05, 0) is 29.3 Å². The molecule has 2 saturated heterocycles. The first-order valence-electron chi connectivity index (χ1n) is 11.7. The monoisotopic (exact) mass is 453 g/mol. The van der Waals surface area contributed by atoms with Crippen LogP contribution in [0.5, 0.6) is 0 Å². The molecule has 0 bridgehead atoms. The van der Waals surface area contributed by atoms with Crippen LogP contribution in [-0.4, -0.2) is 68.3 Å². The smallest absolute Gasteiger partial charge is 0.247 e. The van der Waals surface area contributed by atoms with Gasteiger partial charge < -0.3 is 14.4 Å². The summed E-state index contributed by atoms with van der Waals surface area (Å²) in [6.45, 7) is 3.19. The number of aryl methyl sites for hydroxylation is 1. The Bertz CT molecular complexity index is 1410. The Balaban J connectivity index is 1.20. The maximum absolute atomic E-state index is 13.5. The van der Waals surface area contributed by atoms with Gasteiger partial charge in [0.1, 0.15) is 12.6 Å². The first-order chi connectivity index (χ1) is 16.6. The summed E-state index contributed by atoms with van der Waals surface area (Å²) >= 11 is 0. The van der Waals surface area contributed by atoms with Gasteiger partial charge in [0.05, 0.1) is 5.52 Å². The first kappa shape index (κ1) is 20.9. The van der Waals surface area contributed by atoms with E-state index in [-0.39, 0.29) is 18.4 Å². The van der Waals surface area contributed by atoms with Gasteiger partial charge in [0.2, 0.25) is 11.8 Å². The number of para-hydroxylation sites is 2. The Morgan fingerprint density at radius 2 is 1.82 bits per heavy atom. The molecule has 2 aromatic carbocycles. The summed E-state index contributed by atoms with van der Waals surface area (Å²) < 4.78 is 2.08. The number of pyridine rings is 1. The number of rotatable bonds is 4. The van der Waals surface area contributed by atoms with E-state index >= 15 is 0 Å². The van der Waals surface area contributed by atoms with Crippen LogP contribution in [0.2, 0.25) is 0 Å². The minimum absolute atomic E-state index is 0.0360. The van der Waals surface area contributed by atoms with Crippen molar-refractivity contribution in [3.05, 3.63) is 78.1 Å². The summed E-state index contributed by atoms with van der Waals surface area (Å²) in [7, 11) is 2.01. The zero-order valence-corrected chi connectivity index (χ0v) is 19.2. The fourth-order valence-corrected chi connectivity index (χ4v) is 5.39. The molecule has 1 unspecified atom stereocenters. The molecule has 0 N–H and O–H groups in total. The largest absolute Gasteiger partial charge is 0.350 e. The van der Waals surface area contributed by atoms with Crippen LogP contribution in [0.1, 0.15) is 11.1 Å². The fraction of sp³-hybridized carbons (Fsp3) is 0.296. The number of hydrogen-bond acceptors (Lipinski definition) is 4. The Kier molecular flexibility index (Phi) is 5.07. The van der Waals surface area contributed by atoms with Crippen molar-refractivity contribution in [3.63, 3.8) is 0 Å². The summed E-state index contributed by atoms with van der Waals surface area (Å²) in [6.07, 6.45) is 3.98. The highest BCUT2D eigenvalue weighted by Gasteiger charge is 2.42. The minimum Gasteiger partial charge on any atom is -0.350 e. The van der Waals surface area contributed by atoms with E-state index in [9.17, 15) is 9.59 Å². The molecule has 2 amide bonds. The quantitative estimate of drug-likeness (QED) is 0.477. The number of carbonyl (C=O) groups excluding carboxylic acids is 2. The highest BCUT2D eigenvalue weighted by atomic mass is 16.2. The molecular weight excluding hydrogens is 426 g/mol. The molecule has 0 radical (unpaired) electrons. The Morgan fingerprint density at radius 1 is 1.00 bits per heavy atom. The van der Waals surface area contributed by atoms with Crippen molar-refractivity contribution in [2.45, 2.75) is 19.1 Å². The Labute approximate surface area is 198 Å². The molecule has 34 heavy (non-hydrogen) atoms. The first-order valence-corrected chi connectivity index (χ1v) is 11.7. The molecule has 0 saturated carbocycles. The third kappa shape index (κ3) is 3.62. The molecule has 4 heterocycles. The fourth-order valence-electron chi connectivity index (χ4n) is 5.39. The standard InChI is InChI=1S/C27H27N5O2/c1-29-15-21(22-7-3-5-9-24(22)29)16-31-18-26(33)32-11-10-30(17-25(32)27(31)34)14-19-12-20-6-2-4-8-23(20)28-13-19/h2-9,12-13,15,25H,10-11,14,16-18H2,1H3. The van der Waals surface area contributed by atoms with E-state index in [4.69, 9.17) is 0 Å². The van der Waals surface area contributed by atoms with Crippen LogP contribution in [0.15, 0.2) is 67.0 Å². The van der Waals surface area contributed by atoms with Crippen LogP contribution in [-0.2, 0) is 29.7 Å². The average Bonchev–Trinajstić information content (AvgIpc) is 3.17. The predicted molar refractivity (Wildman–Crippen MR) is 131 cm³/mol. The number of amides is 2. The molecule has 7 nitrogen and oxygen atoms in total. The van der Waals surface area contributed by atoms with Crippen LogP contribution >= 0.6 is 0 Å². The van der Waals surface area contributed by atoms with Gasteiger partial charge in [-0.2, -0.15) is 0 Å². The van der Waals surface area contributed by atoms with Crippen LogP contribution in [0.3, 0.4) is 0 Å². The van der Waals surface area contributed by atoms with E-state index in [2.05, 4.69) is 44.9 Å². The number of nitrogens with zero attached hydrogens (tertiary/aromatic N) is 5. The Hall–Kier alpha value is -3.71. The lowest BCUT2D eigenvalue weighted by Crippen LogP contribution is -2.66. The molecule has 2 aromatic heterocycles. The SMILES string of the molecule is Cn1cc(CN2CC(=O)N3CCN(Cc4cnc5ccccc5c4)CC3C2=O)c2ccccc21. The topological polar surface area (TPSA) is 61.7 Å². The molecule has 6 rings (SSSR count). The van der Waals surface area contributed by atoms with Crippen molar-refractivity contribution >= 4 is 33.6 Å². The maximum Gasteiger partial charge on any atom is 0.247 e. The lowest BCUT2D eigenvalue weighted by molar-refractivity contribution is -0.160. The molecule has 4 aromatic rings. The predicted octanol–water partition coefficient (Wildman–Crippen LogP) is 2.78. The number of piperazine rings is 2. The number of hydrogen-bond donors (Lipinski definition) is 0. The van der Waals surface area contributed by atoms with E-state index < -0.39 is 6.04 Å². The lowest BCUT2D eigenvalue weighted by atomic mass is 10.0. The number of aromatic nitrogens is 2. The lowest BCUT2D eigenvalue weighted by Gasteiger charge is -2.46. The normalized spacial score (nSPS) is 19.3. The summed E-state index contributed by atoms with van der Waals surface area (Å²) in [5, 5.41) is 2.24. The molecule has 0 aliphatic carbocycles. The zero-order chi connectivity index (χ0) is 23.2. The van der Waals surface area contributed by atoms with Crippen molar-refractivity contribution in [2.75, 3.05) is 26.2 Å². The van der Waals surface area contributed by atoms with Gasteiger partial charge >= 0.3 is 0 Å². The average molecular weight is 454 g/mol. The number of benzene rings is 2. The highest BCUT2D eigenvalue weighted by Crippen LogP contribution is 2.25. The second-order valence-electron chi connectivity index (χ2n) is 9.35. The minimum atomic E-state index is -0.432. The zero-order valence-electron chi connectivity index (χ0n) is 19.2. The molecule has 2 aliphatic heterocycles. The van der Waals surface area contributed by atoms with Gasteiger partial charge in [0, 0.05) is 68.5 Å². The number of carbonyl (C=O) groups is 2. The third-order valence-corrected chi connectivity index (χ3v) is 7.10. The number of fused-ring (bicyclic) bond motifs is 3. The van der Waals surface area contributed by atoms with Crippen molar-refractivity contribution in [3.8, 4) is 0 Å². The molecular formula is C27H27N5O2. The molecule has 2 fully saturated rings. The summed E-state index contributed by atoms with van der Waals surface area (Å²) in [5.74, 6) is 0.0747. The van der Waals surface area contributed by atoms with Gasteiger partial charge in [-0.25, -0.2) is 0 Å².